The average molecular weight is 831 g/mol. The number of carbonyl (C=O) groups excluding carboxylic acids is 4. The highest BCUT2D eigenvalue weighted by Gasteiger charge is 2.70. The van der Waals surface area contributed by atoms with Gasteiger partial charge in [-0.1, -0.05) is 69.6 Å². The molecular formula is C48H68ClN5O5. The number of esters is 1. The summed E-state index contributed by atoms with van der Waals surface area (Å²) in [5.41, 5.74) is 3.20. The second-order valence-electron chi connectivity index (χ2n) is 20.5. The van der Waals surface area contributed by atoms with Crippen molar-refractivity contribution >= 4 is 41.2 Å². The Kier molecular flexibility index (Phi) is 11.2. The van der Waals surface area contributed by atoms with Gasteiger partial charge in [0.1, 0.15) is 25.0 Å². The monoisotopic (exact) mass is 829 g/mol. The first-order valence-corrected chi connectivity index (χ1v) is 22.4. The van der Waals surface area contributed by atoms with Crippen LogP contribution in [-0.4, -0.2) is 72.9 Å². The Morgan fingerprint density at radius 3 is 2.29 bits per heavy atom. The van der Waals surface area contributed by atoms with Gasteiger partial charge >= 0.3 is 5.97 Å². The third-order valence-electron chi connectivity index (χ3n) is 17.9. The van der Waals surface area contributed by atoms with E-state index < -0.39 is 5.41 Å². The highest BCUT2D eigenvalue weighted by atomic mass is 35.5. The lowest BCUT2D eigenvalue weighted by Crippen LogP contribution is -3.00. The number of ketones is 1. The number of nitrogens with zero attached hydrogens (tertiary/aromatic N) is 3. The van der Waals surface area contributed by atoms with Gasteiger partial charge in [0.05, 0.1) is 16.7 Å². The number of Topliss-reactive ketones (excluding diaryl/α,β-unsaturated/α-hetero) is 1. The van der Waals surface area contributed by atoms with Gasteiger partial charge in [0, 0.05) is 37.3 Å². The summed E-state index contributed by atoms with van der Waals surface area (Å²) in [6.07, 6.45) is 12.5. The normalized spacial score (nSPS) is 36.9. The van der Waals surface area contributed by atoms with E-state index in [1.807, 2.05) is 24.3 Å². The average Bonchev–Trinajstić information content (AvgIpc) is 3.79. The predicted octanol–water partition coefficient (Wildman–Crippen LogP) is 4.79. The number of para-hydroxylation sites is 1. The number of anilines is 1. The molecule has 4 saturated carbocycles. The SMILES string of the molecule is CC[N+]1(CC)CN2C(=N1)C(C(=O)NCCNC(=O)[C@]13CC[C@@H](C(C)=O)[C@@H]1C1=CC[C@@H]4[C@@]5(C)CC[C@H](OC(C)=O)C(C)(C)[C@@H]5CC[C@@]4(C)[C@]1(C)CC3)=Cc1ccccc12.[Cl-]. The molecule has 0 bridgehead atoms. The molecule has 2 amide bonds. The van der Waals surface area contributed by atoms with Crippen molar-refractivity contribution in [3.8, 4) is 0 Å². The van der Waals surface area contributed by atoms with Gasteiger partial charge in [0.2, 0.25) is 11.7 Å². The number of ether oxygens (including phenoxy) is 1. The number of nitrogens with one attached hydrogen (secondary N) is 2. The molecule has 0 radical (unpaired) electrons. The second kappa shape index (κ2) is 15.1. The van der Waals surface area contributed by atoms with Crippen molar-refractivity contribution in [2.45, 2.75) is 126 Å². The zero-order valence-electron chi connectivity index (χ0n) is 37.0. The summed E-state index contributed by atoms with van der Waals surface area (Å²) in [7, 11) is 0. The molecule has 2 heterocycles. The maximum Gasteiger partial charge on any atom is 0.302 e. The van der Waals surface area contributed by atoms with Crippen molar-refractivity contribution in [2.75, 3.05) is 37.7 Å². The Labute approximate surface area is 358 Å². The van der Waals surface area contributed by atoms with Crippen LogP contribution >= 0.6 is 0 Å². The summed E-state index contributed by atoms with van der Waals surface area (Å²) in [4.78, 5) is 56.3. The summed E-state index contributed by atoms with van der Waals surface area (Å²) in [6, 6.07) is 8.15. The van der Waals surface area contributed by atoms with E-state index in [-0.39, 0.29) is 75.6 Å². The first kappa shape index (κ1) is 43.6. The topological polar surface area (TPSA) is 117 Å². The van der Waals surface area contributed by atoms with Gasteiger partial charge in [0.15, 0.2) is 6.67 Å². The van der Waals surface area contributed by atoms with E-state index >= 15 is 0 Å². The molecule has 0 aromatic heterocycles. The highest BCUT2D eigenvalue weighted by Crippen LogP contribution is 2.76. The van der Waals surface area contributed by atoms with E-state index in [0.29, 0.717) is 54.0 Å². The van der Waals surface area contributed by atoms with Crippen LogP contribution in [0.15, 0.2) is 46.6 Å². The van der Waals surface area contributed by atoms with Gasteiger partial charge in [-0.15, -0.1) is 0 Å². The van der Waals surface area contributed by atoms with Crippen LogP contribution in [0.25, 0.3) is 6.08 Å². The van der Waals surface area contributed by atoms with Crippen molar-refractivity contribution in [2.24, 2.45) is 55.8 Å². The lowest BCUT2D eigenvalue weighted by atomic mass is 9.34. The van der Waals surface area contributed by atoms with Gasteiger partial charge in [-0.05, 0) is 124 Å². The van der Waals surface area contributed by atoms with Crippen LogP contribution < -0.4 is 27.9 Å². The van der Waals surface area contributed by atoms with Crippen LogP contribution in [0.4, 0.5) is 5.69 Å². The number of carbonyl (C=O) groups is 4. The fraction of sp³-hybridized carbons (Fsp3) is 0.688. The molecule has 7 aliphatic rings. The molecule has 1 aromatic carbocycles. The van der Waals surface area contributed by atoms with Crippen LogP contribution in [0.1, 0.15) is 126 Å². The summed E-state index contributed by atoms with van der Waals surface area (Å²) in [5, 5.41) is 11.5. The Balaban J connectivity index is 0.00000528. The van der Waals surface area contributed by atoms with Crippen molar-refractivity contribution in [1.29, 1.82) is 0 Å². The molecule has 1 aromatic rings. The lowest BCUT2D eigenvalue weighted by Gasteiger charge is -2.70. The van der Waals surface area contributed by atoms with Crippen LogP contribution in [0.2, 0.25) is 0 Å². The number of quaternary nitrogens is 1. The molecule has 0 spiro atoms. The molecule has 59 heavy (non-hydrogen) atoms. The largest absolute Gasteiger partial charge is 1.00 e. The van der Waals surface area contributed by atoms with Crippen molar-refractivity contribution in [1.82, 2.24) is 10.6 Å². The maximum atomic E-state index is 14.7. The van der Waals surface area contributed by atoms with E-state index in [0.717, 1.165) is 75.7 Å². The third-order valence-corrected chi connectivity index (χ3v) is 17.9. The first-order valence-electron chi connectivity index (χ1n) is 22.4. The number of amidine groups is 1. The molecule has 11 heteroatoms. The Bertz CT molecular complexity index is 2000. The van der Waals surface area contributed by atoms with E-state index in [1.165, 1.54) is 12.5 Å². The molecule has 2 aliphatic heterocycles. The molecule has 4 fully saturated rings. The first-order chi connectivity index (χ1) is 27.4. The molecule has 10 nitrogen and oxygen atoms in total. The number of benzene rings is 1. The van der Waals surface area contributed by atoms with Crippen LogP contribution in [-0.2, 0) is 23.9 Å². The quantitative estimate of drug-likeness (QED) is 0.160. The summed E-state index contributed by atoms with van der Waals surface area (Å²) in [5.74, 6) is 1.14. The number of hydrogen-bond acceptors (Lipinski definition) is 7. The van der Waals surface area contributed by atoms with E-state index in [2.05, 4.69) is 76.1 Å². The van der Waals surface area contributed by atoms with E-state index in [4.69, 9.17) is 9.84 Å². The summed E-state index contributed by atoms with van der Waals surface area (Å²) >= 11 is 0. The van der Waals surface area contributed by atoms with Crippen molar-refractivity contribution in [3.05, 3.63) is 47.1 Å². The molecule has 8 rings (SSSR count). The number of hydrogen-bond donors (Lipinski definition) is 2. The number of allylic oxidation sites excluding steroid dienone is 2. The van der Waals surface area contributed by atoms with Gasteiger partial charge in [-0.25, -0.2) is 0 Å². The number of halogens is 1. The number of fused-ring (bicyclic) bond motifs is 10. The number of amides is 2. The highest BCUT2D eigenvalue weighted by molar-refractivity contribution is 6.31. The number of rotatable bonds is 9. The minimum atomic E-state index is -0.643. The maximum absolute atomic E-state index is 14.7. The lowest BCUT2D eigenvalue weighted by molar-refractivity contribution is -0.925. The summed E-state index contributed by atoms with van der Waals surface area (Å²) in [6.45, 7) is 22.7. The van der Waals surface area contributed by atoms with Gasteiger partial charge in [0.25, 0.3) is 5.91 Å². The van der Waals surface area contributed by atoms with Crippen molar-refractivity contribution < 1.29 is 40.9 Å². The summed E-state index contributed by atoms with van der Waals surface area (Å²) < 4.78 is 6.49. The van der Waals surface area contributed by atoms with Crippen molar-refractivity contribution in [3.63, 3.8) is 0 Å². The Morgan fingerprint density at radius 1 is 0.881 bits per heavy atom. The van der Waals surface area contributed by atoms with Gasteiger partial charge in [-0.2, -0.15) is 4.59 Å². The Morgan fingerprint density at radius 2 is 1.59 bits per heavy atom. The molecular weight excluding hydrogens is 762 g/mol. The zero-order valence-corrected chi connectivity index (χ0v) is 37.8. The second-order valence-corrected chi connectivity index (χ2v) is 20.5. The zero-order chi connectivity index (χ0) is 41.6. The molecule has 0 saturated heterocycles. The smallest absolute Gasteiger partial charge is 0.302 e. The molecule has 2 N–H and O–H groups in total. The third kappa shape index (κ3) is 6.38. The van der Waals surface area contributed by atoms with Gasteiger partial charge in [-0.3, -0.25) is 24.1 Å². The molecule has 9 atom stereocenters. The fourth-order valence-corrected chi connectivity index (χ4v) is 14.5. The standard InChI is InChI=1S/C48H67N5O5.ClH/c1-10-53(11-2)29-52-36-15-13-12-14-32(36)28-34(41(52)51-53)42(56)49-26-27-50-43(57)48-23-18-33(30(3)54)40(48)35-16-17-38-45(7)21-20-39(58-31(4)55)44(5,6)37(45)19-22-47(38,9)46(35,8)24-25-48;/h12-16,28,33,37-40H,10-11,17-27,29H2,1-9H3,(H-,49,50,56,57);1H/t33-,37-,38+,39-,40+,45-,46+,47+,48-;/m0./s1. The van der Waals surface area contributed by atoms with E-state index in [1.54, 1.807) is 6.92 Å². The van der Waals surface area contributed by atoms with Crippen LogP contribution in [0.5, 0.6) is 0 Å². The van der Waals surface area contributed by atoms with Gasteiger partial charge < -0.3 is 27.8 Å². The van der Waals surface area contributed by atoms with Crippen LogP contribution in [0, 0.1) is 50.7 Å². The molecule has 0 unspecified atom stereocenters. The van der Waals surface area contributed by atoms with Crippen LogP contribution in [0.3, 0.4) is 0 Å². The minimum Gasteiger partial charge on any atom is -1.00 e. The predicted molar refractivity (Wildman–Crippen MR) is 227 cm³/mol. The Hall–Kier alpha value is -3.50. The minimum absolute atomic E-state index is 0. The van der Waals surface area contributed by atoms with E-state index in [9.17, 15) is 19.2 Å². The molecule has 5 aliphatic carbocycles. The fourth-order valence-electron chi connectivity index (χ4n) is 14.5. The molecule has 322 valence electrons.